The highest BCUT2D eigenvalue weighted by Gasteiger charge is 2.32. The van der Waals surface area contributed by atoms with E-state index in [2.05, 4.69) is 12.2 Å². The highest BCUT2D eigenvalue weighted by Crippen LogP contribution is 2.19. The fourth-order valence-electron chi connectivity index (χ4n) is 2.40. The van der Waals surface area contributed by atoms with E-state index in [1.807, 2.05) is 4.90 Å². The number of amides is 1. The number of hydrogen-bond acceptors (Lipinski definition) is 3. The summed E-state index contributed by atoms with van der Waals surface area (Å²) in [7, 11) is 0. The minimum atomic E-state index is 0.130. The number of ether oxygens (including phenoxy) is 1. The monoisotopic (exact) mass is 212 g/mol. The molecule has 0 aromatic rings. The molecule has 0 spiro atoms. The lowest BCUT2D eigenvalue weighted by Crippen LogP contribution is -2.38. The molecule has 86 valence electrons. The van der Waals surface area contributed by atoms with E-state index in [4.69, 9.17) is 4.74 Å². The molecule has 2 aliphatic rings. The summed E-state index contributed by atoms with van der Waals surface area (Å²) in [6.45, 7) is 6.26. The topological polar surface area (TPSA) is 41.6 Å². The molecule has 15 heavy (non-hydrogen) atoms. The summed E-state index contributed by atoms with van der Waals surface area (Å²) in [5, 5.41) is 3.39. The molecule has 2 unspecified atom stereocenters. The molecule has 0 aromatic heterocycles. The van der Waals surface area contributed by atoms with Crippen molar-refractivity contribution < 1.29 is 9.53 Å². The molecular formula is C11H20N2O2. The second-order valence-electron chi connectivity index (χ2n) is 4.39. The van der Waals surface area contributed by atoms with Crippen LogP contribution in [0.15, 0.2) is 0 Å². The number of likely N-dealkylation sites (N-methyl/N-ethyl adjacent to an activating group) is 1. The van der Waals surface area contributed by atoms with Crippen LogP contribution in [0.4, 0.5) is 0 Å². The highest BCUT2D eigenvalue weighted by molar-refractivity contribution is 5.79. The molecule has 1 N–H and O–H groups in total. The van der Waals surface area contributed by atoms with Crippen molar-refractivity contribution in [1.82, 2.24) is 10.2 Å². The summed E-state index contributed by atoms with van der Waals surface area (Å²) in [4.78, 5) is 14.0. The van der Waals surface area contributed by atoms with Crippen molar-refractivity contribution in [2.75, 3.05) is 32.8 Å². The van der Waals surface area contributed by atoms with Gasteiger partial charge in [-0.2, -0.15) is 0 Å². The summed E-state index contributed by atoms with van der Waals surface area (Å²) in [6, 6.07) is 0.501. The quantitative estimate of drug-likeness (QED) is 0.728. The van der Waals surface area contributed by atoms with Gasteiger partial charge in [0, 0.05) is 25.7 Å². The number of likely N-dealkylation sites (tertiary alicyclic amines) is 1. The molecule has 4 heteroatoms. The molecule has 0 bridgehead atoms. The third kappa shape index (κ3) is 2.49. The van der Waals surface area contributed by atoms with Crippen LogP contribution in [0.3, 0.4) is 0 Å². The molecule has 2 saturated heterocycles. The fraction of sp³-hybridized carbons (Fsp3) is 0.909. The first-order chi connectivity index (χ1) is 7.31. The van der Waals surface area contributed by atoms with E-state index in [-0.39, 0.29) is 5.92 Å². The number of carbonyl (C=O) groups is 1. The van der Waals surface area contributed by atoms with Crippen molar-refractivity contribution in [3.63, 3.8) is 0 Å². The number of hydrogen-bond donors (Lipinski definition) is 1. The van der Waals surface area contributed by atoms with Gasteiger partial charge in [-0.15, -0.1) is 0 Å². The molecule has 2 aliphatic heterocycles. The Balaban J connectivity index is 1.81. The van der Waals surface area contributed by atoms with E-state index in [9.17, 15) is 4.79 Å². The van der Waals surface area contributed by atoms with Gasteiger partial charge in [-0.25, -0.2) is 0 Å². The van der Waals surface area contributed by atoms with Crippen LogP contribution in [-0.2, 0) is 9.53 Å². The van der Waals surface area contributed by atoms with Gasteiger partial charge in [-0.1, -0.05) is 6.92 Å². The molecule has 2 rings (SSSR count). The molecule has 1 amide bonds. The van der Waals surface area contributed by atoms with Crippen molar-refractivity contribution in [1.29, 1.82) is 0 Å². The first kappa shape index (κ1) is 10.9. The normalized spacial score (nSPS) is 31.1. The Hall–Kier alpha value is -0.610. The lowest BCUT2D eigenvalue weighted by Gasteiger charge is -2.19. The largest absolute Gasteiger partial charge is 0.381 e. The maximum atomic E-state index is 12.0. The van der Waals surface area contributed by atoms with Gasteiger partial charge in [0.15, 0.2) is 0 Å². The lowest BCUT2D eigenvalue weighted by atomic mass is 10.1. The van der Waals surface area contributed by atoms with Crippen molar-refractivity contribution >= 4 is 5.91 Å². The Morgan fingerprint density at radius 2 is 2.40 bits per heavy atom. The van der Waals surface area contributed by atoms with Gasteiger partial charge in [0.2, 0.25) is 5.91 Å². The average molecular weight is 212 g/mol. The van der Waals surface area contributed by atoms with Crippen LogP contribution >= 0.6 is 0 Å². The molecule has 2 fully saturated rings. The van der Waals surface area contributed by atoms with Gasteiger partial charge in [0.05, 0.1) is 12.5 Å². The smallest absolute Gasteiger partial charge is 0.228 e. The fourth-order valence-corrected chi connectivity index (χ4v) is 2.40. The molecule has 4 nitrogen and oxygen atoms in total. The Morgan fingerprint density at radius 3 is 3.07 bits per heavy atom. The molecule has 2 heterocycles. The zero-order valence-corrected chi connectivity index (χ0v) is 9.37. The summed E-state index contributed by atoms with van der Waals surface area (Å²) >= 11 is 0. The Morgan fingerprint density at radius 1 is 1.53 bits per heavy atom. The van der Waals surface area contributed by atoms with E-state index in [1.165, 1.54) is 0 Å². The predicted molar refractivity (Wildman–Crippen MR) is 57.6 cm³/mol. The molecule has 0 radical (unpaired) electrons. The van der Waals surface area contributed by atoms with Crippen molar-refractivity contribution in [2.45, 2.75) is 25.8 Å². The van der Waals surface area contributed by atoms with Crippen LogP contribution < -0.4 is 5.32 Å². The van der Waals surface area contributed by atoms with Gasteiger partial charge in [0.25, 0.3) is 0 Å². The lowest BCUT2D eigenvalue weighted by molar-refractivity contribution is -0.134. The van der Waals surface area contributed by atoms with E-state index < -0.39 is 0 Å². The van der Waals surface area contributed by atoms with Crippen molar-refractivity contribution in [2.24, 2.45) is 5.92 Å². The summed E-state index contributed by atoms with van der Waals surface area (Å²) < 4.78 is 5.25. The van der Waals surface area contributed by atoms with Crippen LogP contribution in [-0.4, -0.2) is 49.7 Å². The van der Waals surface area contributed by atoms with E-state index >= 15 is 0 Å². The third-order valence-corrected chi connectivity index (χ3v) is 3.27. The zero-order valence-electron chi connectivity index (χ0n) is 9.37. The number of nitrogens with zero attached hydrogens (tertiary/aromatic N) is 1. The van der Waals surface area contributed by atoms with Crippen molar-refractivity contribution in [3.8, 4) is 0 Å². The average Bonchev–Trinajstić information content (AvgIpc) is 2.87. The first-order valence-electron chi connectivity index (χ1n) is 5.91. The summed E-state index contributed by atoms with van der Waals surface area (Å²) in [6.07, 6.45) is 1.99. The Bertz CT molecular complexity index is 227. The molecule has 2 atom stereocenters. The molecule has 0 aromatic carbocycles. The maximum absolute atomic E-state index is 12.0. The summed E-state index contributed by atoms with van der Waals surface area (Å²) in [5.74, 6) is 0.429. The SMILES string of the molecule is CCNC1CCN(C(=O)C2CCOC2)C1. The second kappa shape index (κ2) is 4.94. The number of nitrogens with one attached hydrogen (secondary N) is 1. The highest BCUT2D eigenvalue weighted by atomic mass is 16.5. The van der Waals surface area contributed by atoms with E-state index in [0.29, 0.717) is 18.6 Å². The summed E-state index contributed by atoms with van der Waals surface area (Å²) in [5.41, 5.74) is 0. The van der Waals surface area contributed by atoms with Crippen LogP contribution in [0.2, 0.25) is 0 Å². The molecular weight excluding hydrogens is 192 g/mol. The Kier molecular flexibility index (Phi) is 3.59. The zero-order chi connectivity index (χ0) is 10.7. The van der Waals surface area contributed by atoms with Crippen LogP contribution in [0.1, 0.15) is 19.8 Å². The van der Waals surface area contributed by atoms with Gasteiger partial charge in [-0.05, 0) is 19.4 Å². The van der Waals surface area contributed by atoms with Gasteiger partial charge < -0.3 is 15.0 Å². The number of carbonyl (C=O) groups excluding carboxylic acids is 1. The van der Waals surface area contributed by atoms with Gasteiger partial charge in [-0.3, -0.25) is 4.79 Å². The molecule has 0 aliphatic carbocycles. The Labute approximate surface area is 91.0 Å². The molecule has 0 saturated carbocycles. The van der Waals surface area contributed by atoms with E-state index in [0.717, 1.165) is 39.1 Å². The maximum Gasteiger partial charge on any atom is 0.228 e. The van der Waals surface area contributed by atoms with Crippen LogP contribution in [0.25, 0.3) is 0 Å². The van der Waals surface area contributed by atoms with Crippen LogP contribution in [0.5, 0.6) is 0 Å². The van der Waals surface area contributed by atoms with E-state index in [1.54, 1.807) is 0 Å². The van der Waals surface area contributed by atoms with Crippen molar-refractivity contribution in [3.05, 3.63) is 0 Å². The van der Waals surface area contributed by atoms with Gasteiger partial charge in [0.1, 0.15) is 0 Å². The predicted octanol–water partition coefficient (Wildman–Crippen LogP) is 0.233. The standard InChI is InChI=1S/C11H20N2O2/c1-2-12-10-3-5-13(7-10)11(14)9-4-6-15-8-9/h9-10,12H,2-8H2,1H3. The third-order valence-electron chi connectivity index (χ3n) is 3.27. The minimum Gasteiger partial charge on any atom is -0.381 e. The number of rotatable bonds is 3. The second-order valence-corrected chi connectivity index (χ2v) is 4.39. The van der Waals surface area contributed by atoms with Crippen LogP contribution in [0, 0.1) is 5.92 Å². The first-order valence-corrected chi connectivity index (χ1v) is 5.91. The van der Waals surface area contributed by atoms with Gasteiger partial charge >= 0.3 is 0 Å². The minimum absolute atomic E-state index is 0.130.